The van der Waals surface area contributed by atoms with E-state index in [0.717, 1.165) is 64.1 Å². The van der Waals surface area contributed by atoms with Crippen molar-refractivity contribution in [3.8, 4) is 5.75 Å². The molecule has 6 nitrogen and oxygen atoms in total. The van der Waals surface area contributed by atoms with Crippen molar-refractivity contribution in [2.45, 2.75) is 26.4 Å². The zero-order valence-corrected chi connectivity index (χ0v) is 15.4. The van der Waals surface area contributed by atoms with E-state index in [1.54, 1.807) is 0 Å². The number of rotatable bonds is 5. The molecule has 0 aliphatic carbocycles. The number of fused-ring (bicyclic) bond motifs is 1. The van der Waals surface area contributed by atoms with Crippen LogP contribution in [0.5, 0.6) is 5.75 Å². The highest BCUT2D eigenvalue weighted by molar-refractivity contribution is 5.35. The van der Waals surface area contributed by atoms with E-state index in [9.17, 15) is 0 Å². The topological polar surface area (TPSA) is 50.7 Å². The zero-order valence-electron chi connectivity index (χ0n) is 15.4. The van der Waals surface area contributed by atoms with E-state index in [4.69, 9.17) is 14.5 Å². The van der Waals surface area contributed by atoms with Crippen LogP contribution in [-0.2, 0) is 24.2 Å². The molecule has 1 saturated heterocycles. The van der Waals surface area contributed by atoms with Crippen LogP contribution in [0, 0.1) is 0 Å². The number of hydrogen-bond acceptors (Lipinski definition) is 6. The highest BCUT2D eigenvalue weighted by atomic mass is 16.5. The van der Waals surface area contributed by atoms with Gasteiger partial charge in [0.15, 0.2) is 0 Å². The maximum Gasteiger partial charge on any atom is 0.225 e. The molecule has 1 aromatic heterocycles. The summed E-state index contributed by atoms with van der Waals surface area (Å²) in [6.45, 7) is 8.86. The Balaban J connectivity index is 1.39. The number of nitrogens with zero attached hydrogens (tertiary/aromatic N) is 4. The Morgan fingerprint density at radius 2 is 1.92 bits per heavy atom. The first-order chi connectivity index (χ1) is 12.8. The lowest BCUT2D eigenvalue weighted by Crippen LogP contribution is -2.38. The van der Waals surface area contributed by atoms with Gasteiger partial charge < -0.3 is 14.4 Å². The summed E-state index contributed by atoms with van der Waals surface area (Å²) in [7, 11) is 0. The van der Waals surface area contributed by atoms with Gasteiger partial charge in [0.25, 0.3) is 0 Å². The van der Waals surface area contributed by atoms with Gasteiger partial charge in [-0.05, 0) is 24.6 Å². The van der Waals surface area contributed by atoms with Crippen LogP contribution in [0.3, 0.4) is 0 Å². The second kappa shape index (κ2) is 8.01. The molecule has 4 rings (SSSR count). The van der Waals surface area contributed by atoms with E-state index < -0.39 is 0 Å². The van der Waals surface area contributed by atoms with Gasteiger partial charge in [0.2, 0.25) is 5.95 Å². The Morgan fingerprint density at radius 1 is 1.12 bits per heavy atom. The molecule has 0 saturated carbocycles. The molecule has 3 heterocycles. The van der Waals surface area contributed by atoms with E-state index in [-0.39, 0.29) is 0 Å². The lowest BCUT2D eigenvalue weighted by Gasteiger charge is -2.30. The lowest BCUT2D eigenvalue weighted by molar-refractivity contribution is 0.122. The molecule has 0 N–H and O–H groups in total. The molecule has 2 aliphatic heterocycles. The first kappa shape index (κ1) is 17.2. The van der Waals surface area contributed by atoms with Crippen LogP contribution in [0.15, 0.2) is 30.5 Å². The van der Waals surface area contributed by atoms with Gasteiger partial charge in [0, 0.05) is 50.9 Å². The number of anilines is 1. The quantitative estimate of drug-likeness (QED) is 0.821. The molecular weight excluding hydrogens is 328 g/mol. The summed E-state index contributed by atoms with van der Waals surface area (Å²) in [6, 6.07) is 8.40. The fourth-order valence-electron chi connectivity index (χ4n) is 3.53. The summed E-state index contributed by atoms with van der Waals surface area (Å²) in [4.78, 5) is 14.1. The van der Waals surface area contributed by atoms with Crippen LogP contribution in [0.25, 0.3) is 0 Å². The standard InChI is InChI=1S/C20H26N4O2/c1-2-26-18-5-3-16(4-6-18)14-23-8-7-19-17(15-23)13-21-20(22-19)24-9-11-25-12-10-24/h3-6,13H,2,7-12,14-15H2,1H3. The molecule has 6 heteroatoms. The van der Waals surface area contributed by atoms with Crippen LogP contribution >= 0.6 is 0 Å². The highest BCUT2D eigenvalue weighted by Gasteiger charge is 2.21. The van der Waals surface area contributed by atoms with Crippen molar-refractivity contribution in [1.82, 2.24) is 14.9 Å². The second-order valence-electron chi connectivity index (χ2n) is 6.78. The second-order valence-corrected chi connectivity index (χ2v) is 6.78. The Morgan fingerprint density at radius 3 is 2.69 bits per heavy atom. The number of ether oxygens (including phenoxy) is 2. The minimum atomic E-state index is 0.703. The first-order valence-corrected chi connectivity index (χ1v) is 9.43. The largest absolute Gasteiger partial charge is 0.494 e. The van der Waals surface area contributed by atoms with Crippen molar-refractivity contribution >= 4 is 5.95 Å². The zero-order chi connectivity index (χ0) is 17.8. The molecule has 0 amide bonds. The van der Waals surface area contributed by atoms with E-state index in [2.05, 4.69) is 39.0 Å². The predicted octanol–water partition coefficient (Wildman–Crippen LogP) is 2.27. The molecule has 2 aliphatic rings. The molecule has 138 valence electrons. The molecule has 0 spiro atoms. The van der Waals surface area contributed by atoms with Crippen LogP contribution < -0.4 is 9.64 Å². The highest BCUT2D eigenvalue weighted by Crippen LogP contribution is 2.22. The van der Waals surface area contributed by atoms with Gasteiger partial charge in [0.1, 0.15) is 5.75 Å². The summed E-state index contributed by atoms with van der Waals surface area (Å²) < 4.78 is 10.9. The van der Waals surface area contributed by atoms with E-state index >= 15 is 0 Å². The van der Waals surface area contributed by atoms with Crippen LogP contribution in [0.1, 0.15) is 23.7 Å². The molecular formula is C20H26N4O2. The van der Waals surface area contributed by atoms with Crippen LogP contribution in [-0.4, -0.2) is 54.3 Å². The number of aromatic nitrogens is 2. The third-order valence-corrected chi connectivity index (χ3v) is 4.93. The van der Waals surface area contributed by atoms with Gasteiger partial charge in [-0.2, -0.15) is 0 Å². The summed E-state index contributed by atoms with van der Waals surface area (Å²) in [6.07, 6.45) is 2.99. The third-order valence-electron chi connectivity index (χ3n) is 4.93. The molecule has 2 aromatic rings. The van der Waals surface area contributed by atoms with E-state index in [1.807, 2.05) is 13.1 Å². The van der Waals surface area contributed by atoms with Crippen molar-refractivity contribution < 1.29 is 9.47 Å². The monoisotopic (exact) mass is 354 g/mol. The van der Waals surface area contributed by atoms with Crippen LogP contribution in [0.4, 0.5) is 5.95 Å². The molecule has 0 unspecified atom stereocenters. The average Bonchev–Trinajstić information content (AvgIpc) is 2.70. The fraction of sp³-hybridized carbons (Fsp3) is 0.500. The summed E-state index contributed by atoms with van der Waals surface area (Å²) in [5, 5.41) is 0. The Labute approximate surface area is 154 Å². The molecule has 0 atom stereocenters. The van der Waals surface area contributed by atoms with Crippen molar-refractivity contribution in [2.75, 3.05) is 44.4 Å². The van der Waals surface area contributed by atoms with Gasteiger partial charge >= 0.3 is 0 Å². The molecule has 0 bridgehead atoms. The normalized spacial score (nSPS) is 17.8. The van der Waals surface area contributed by atoms with Gasteiger partial charge in [0.05, 0.1) is 25.5 Å². The predicted molar refractivity (Wildman–Crippen MR) is 100 cm³/mol. The van der Waals surface area contributed by atoms with Crippen molar-refractivity contribution in [3.63, 3.8) is 0 Å². The Bertz CT molecular complexity index is 729. The van der Waals surface area contributed by atoms with E-state index in [1.165, 1.54) is 16.8 Å². The first-order valence-electron chi connectivity index (χ1n) is 9.43. The molecule has 1 fully saturated rings. The Hall–Kier alpha value is -2.18. The molecule has 0 radical (unpaired) electrons. The van der Waals surface area contributed by atoms with Gasteiger partial charge in [-0.1, -0.05) is 12.1 Å². The number of morpholine rings is 1. The van der Waals surface area contributed by atoms with Gasteiger partial charge in [-0.25, -0.2) is 9.97 Å². The van der Waals surface area contributed by atoms with Crippen molar-refractivity contribution in [1.29, 1.82) is 0 Å². The lowest BCUT2D eigenvalue weighted by atomic mass is 10.1. The number of hydrogen-bond donors (Lipinski definition) is 0. The smallest absolute Gasteiger partial charge is 0.225 e. The van der Waals surface area contributed by atoms with Gasteiger partial charge in [-0.3, -0.25) is 4.90 Å². The van der Waals surface area contributed by atoms with Crippen molar-refractivity contribution in [2.24, 2.45) is 0 Å². The summed E-state index contributed by atoms with van der Waals surface area (Å²) in [5.74, 6) is 1.79. The molecule has 26 heavy (non-hydrogen) atoms. The maximum atomic E-state index is 5.52. The maximum absolute atomic E-state index is 5.52. The third kappa shape index (κ3) is 3.97. The molecule has 1 aromatic carbocycles. The van der Waals surface area contributed by atoms with E-state index in [0.29, 0.717) is 6.61 Å². The SMILES string of the molecule is CCOc1ccc(CN2CCc3nc(N4CCOCC4)ncc3C2)cc1. The van der Waals surface area contributed by atoms with Crippen molar-refractivity contribution in [3.05, 3.63) is 47.3 Å². The van der Waals surface area contributed by atoms with Crippen LogP contribution in [0.2, 0.25) is 0 Å². The summed E-state index contributed by atoms with van der Waals surface area (Å²) >= 11 is 0. The summed E-state index contributed by atoms with van der Waals surface area (Å²) in [5.41, 5.74) is 3.76. The minimum Gasteiger partial charge on any atom is -0.494 e. The Kier molecular flexibility index (Phi) is 5.32. The van der Waals surface area contributed by atoms with Gasteiger partial charge in [-0.15, -0.1) is 0 Å². The fourth-order valence-corrected chi connectivity index (χ4v) is 3.53. The average molecular weight is 354 g/mol. The minimum absolute atomic E-state index is 0.703. The number of benzene rings is 1.